The molecule has 1 aliphatic rings. The van der Waals surface area contributed by atoms with Gasteiger partial charge in [0.25, 0.3) is 5.91 Å². The van der Waals surface area contributed by atoms with Gasteiger partial charge in [-0.2, -0.15) is 0 Å². The van der Waals surface area contributed by atoms with Gasteiger partial charge < -0.3 is 9.80 Å². The van der Waals surface area contributed by atoms with Gasteiger partial charge in [-0.1, -0.05) is 0 Å². The maximum atomic E-state index is 11.3. The molecule has 1 saturated heterocycles. The minimum absolute atomic E-state index is 0.196. The zero-order chi connectivity index (χ0) is 9.03. The van der Waals surface area contributed by atoms with E-state index < -0.39 is 0 Å². The number of nitrogens with one attached hydrogen (secondary N) is 1. The number of nitrogens with zero attached hydrogens (tertiary/aromatic N) is 1. The number of likely N-dealkylation sites (N-methyl/N-ethyl adjacent to an activating group) is 2. The van der Waals surface area contributed by atoms with E-state index in [9.17, 15) is 4.79 Å². The van der Waals surface area contributed by atoms with E-state index >= 15 is 0 Å². The Kier molecular flexibility index (Phi) is 3.09. The Bertz CT molecular complexity index is 162. The van der Waals surface area contributed by atoms with Crippen molar-refractivity contribution >= 4 is 5.91 Å². The standard InChI is InChI=1S/C9H18N2O/c1-3-10-9(12)8-11(2)6-4-5-7-11/h3-8H2,1-2H3/p+1. The van der Waals surface area contributed by atoms with Crippen molar-refractivity contribution in [3.8, 4) is 0 Å². The van der Waals surface area contributed by atoms with E-state index in [1.165, 1.54) is 12.8 Å². The van der Waals surface area contributed by atoms with Gasteiger partial charge in [0, 0.05) is 19.4 Å². The average molecular weight is 171 g/mol. The number of carbonyl (C=O) groups is 1. The van der Waals surface area contributed by atoms with Gasteiger partial charge in [0.15, 0.2) is 6.54 Å². The molecule has 0 unspecified atom stereocenters. The highest BCUT2D eigenvalue weighted by atomic mass is 16.2. The number of hydrogen-bond acceptors (Lipinski definition) is 1. The second kappa shape index (κ2) is 3.90. The third-order valence-corrected chi connectivity index (χ3v) is 2.55. The molecule has 0 aromatic rings. The molecule has 1 rings (SSSR count). The molecule has 0 spiro atoms. The van der Waals surface area contributed by atoms with Crippen molar-refractivity contribution in [2.75, 3.05) is 33.2 Å². The number of likely N-dealkylation sites (tertiary alicyclic amines) is 1. The quantitative estimate of drug-likeness (QED) is 0.610. The third kappa shape index (κ3) is 2.48. The molecule has 3 heteroatoms. The van der Waals surface area contributed by atoms with E-state index in [1.807, 2.05) is 6.92 Å². The molecule has 3 nitrogen and oxygen atoms in total. The normalized spacial score (nSPS) is 20.8. The largest absolute Gasteiger partial charge is 0.351 e. The molecule has 0 aromatic carbocycles. The Morgan fingerprint density at radius 3 is 2.50 bits per heavy atom. The third-order valence-electron chi connectivity index (χ3n) is 2.55. The summed E-state index contributed by atoms with van der Waals surface area (Å²) < 4.78 is 0.936. The summed E-state index contributed by atoms with van der Waals surface area (Å²) in [4.78, 5) is 11.3. The summed E-state index contributed by atoms with van der Waals surface area (Å²) in [5.41, 5.74) is 0. The lowest BCUT2D eigenvalue weighted by Gasteiger charge is -2.27. The summed E-state index contributed by atoms with van der Waals surface area (Å²) in [5.74, 6) is 0.196. The van der Waals surface area contributed by atoms with Gasteiger partial charge in [-0.15, -0.1) is 0 Å². The molecule has 0 radical (unpaired) electrons. The first kappa shape index (κ1) is 9.52. The van der Waals surface area contributed by atoms with Crippen LogP contribution in [-0.2, 0) is 4.79 Å². The highest BCUT2D eigenvalue weighted by Crippen LogP contribution is 2.15. The summed E-state index contributed by atoms with van der Waals surface area (Å²) in [6.45, 7) is 5.70. The number of carbonyl (C=O) groups excluding carboxylic acids is 1. The van der Waals surface area contributed by atoms with Crippen LogP contribution in [0.2, 0.25) is 0 Å². The number of amides is 1. The van der Waals surface area contributed by atoms with Gasteiger partial charge in [0.05, 0.1) is 20.1 Å². The molecule has 1 N–H and O–H groups in total. The first-order valence-electron chi connectivity index (χ1n) is 4.76. The zero-order valence-electron chi connectivity index (χ0n) is 8.10. The molecule has 1 amide bonds. The maximum Gasteiger partial charge on any atom is 0.275 e. The fraction of sp³-hybridized carbons (Fsp3) is 0.889. The van der Waals surface area contributed by atoms with Crippen molar-refractivity contribution < 1.29 is 9.28 Å². The minimum Gasteiger partial charge on any atom is -0.351 e. The molecule has 0 saturated carbocycles. The summed E-state index contributed by atoms with van der Waals surface area (Å²) in [5, 5.41) is 2.84. The Hall–Kier alpha value is -0.570. The Labute approximate surface area is 74.3 Å². The van der Waals surface area contributed by atoms with Crippen LogP contribution >= 0.6 is 0 Å². The van der Waals surface area contributed by atoms with E-state index in [-0.39, 0.29) is 5.91 Å². The van der Waals surface area contributed by atoms with Crippen LogP contribution in [0.3, 0.4) is 0 Å². The predicted octanol–water partition coefficient (Wildman–Crippen LogP) is 0.363. The summed E-state index contributed by atoms with van der Waals surface area (Å²) in [6.07, 6.45) is 2.55. The van der Waals surface area contributed by atoms with Gasteiger partial charge in [-0.25, -0.2) is 0 Å². The van der Waals surface area contributed by atoms with Crippen molar-refractivity contribution in [2.45, 2.75) is 19.8 Å². The zero-order valence-corrected chi connectivity index (χ0v) is 8.10. The van der Waals surface area contributed by atoms with Crippen LogP contribution < -0.4 is 5.32 Å². The first-order chi connectivity index (χ1) is 5.66. The number of rotatable bonds is 3. The molecule has 0 aliphatic carbocycles. The summed E-state index contributed by atoms with van der Waals surface area (Å²) in [6, 6.07) is 0. The maximum absolute atomic E-state index is 11.3. The van der Waals surface area contributed by atoms with Crippen LogP contribution in [0.25, 0.3) is 0 Å². The molecule has 1 heterocycles. The fourth-order valence-corrected chi connectivity index (χ4v) is 1.86. The highest BCUT2D eigenvalue weighted by Gasteiger charge is 2.28. The number of quaternary nitrogens is 1. The molecule has 70 valence electrons. The SMILES string of the molecule is CCNC(=O)C[N+]1(C)CCCC1. The molecule has 0 atom stereocenters. The van der Waals surface area contributed by atoms with Crippen LogP contribution in [-0.4, -0.2) is 43.6 Å². The summed E-state index contributed by atoms with van der Waals surface area (Å²) in [7, 11) is 2.17. The van der Waals surface area contributed by atoms with Gasteiger partial charge in [-0.3, -0.25) is 4.79 Å². The van der Waals surface area contributed by atoms with Crippen LogP contribution in [0.15, 0.2) is 0 Å². The molecule has 1 aliphatic heterocycles. The van der Waals surface area contributed by atoms with Crippen molar-refractivity contribution in [3.63, 3.8) is 0 Å². The molecular weight excluding hydrogens is 152 g/mol. The van der Waals surface area contributed by atoms with Gasteiger partial charge in [0.1, 0.15) is 0 Å². The summed E-state index contributed by atoms with van der Waals surface area (Å²) >= 11 is 0. The topological polar surface area (TPSA) is 29.1 Å². The van der Waals surface area contributed by atoms with Gasteiger partial charge >= 0.3 is 0 Å². The van der Waals surface area contributed by atoms with Crippen molar-refractivity contribution in [1.29, 1.82) is 0 Å². The van der Waals surface area contributed by atoms with Crippen molar-refractivity contribution in [1.82, 2.24) is 5.32 Å². The lowest BCUT2D eigenvalue weighted by Crippen LogP contribution is -2.48. The van der Waals surface area contributed by atoms with E-state index in [2.05, 4.69) is 12.4 Å². The Balaban J connectivity index is 2.33. The molecule has 12 heavy (non-hydrogen) atoms. The minimum atomic E-state index is 0.196. The van der Waals surface area contributed by atoms with Gasteiger partial charge in [0.2, 0.25) is 0 Å². The Morgan fingerprint density at radius 1 is 1.42 bits per heavy atom. The lowest BCUT2D eigenvalue weighted by molar-refractivity contribution is -0.889. The van der Waals surface area contributed by atoms with E-state index in [4.69, 9.17) is 0 Å². The highest BCUT2D eigenvalue weighted by molar-refractivity contribution is 5.76. The predicted molar refractivity (Wildman–Crippen MR) is 48.7 cm³/mol. The number of hydrogen-bond donors (Lipinski definition) is 1. The van der Waals surface area contributed by atoms with Crippen molar-refractivity contribution in [3.05, 3.63) is 0 Å². The fourth-order valence-electron chi connectivity index (χ4n) is 1.86. The Morgan fingerprint density at radius 2 is 2.00 bits per heavy atom. The monoisotopic (exact) mass is 171 g/mol. The van der Waals surface area contributed by atoms with Crippen LogP contribution in [0, 0.1) is 0 Å². The first-order valence-corrected chi connectivity index (χ1v) is 4.76. The second-order valence-corrected chi connectivity index (χ2v) is 3.89. The van der Waals surface area contributed by atoms with Crippen LogP contribution in [0.5, 0.6) is 0 Å². The average Bonchev–Trinajstić information content (AvgIpc) is 2.36. The smallest absolute Gasteiger partial charge is 0.275 e. The molecule has 1 fully saturated rings. The molecular formula is C9H19N2O+. The lowest BCUT2D eigenvalue weighted by atomic mass is 10.4. The van der Waals surface area contributed by atoms with Gasteiger partial charge in [-0.05, 0) is 6.92 Å². The van der Waals surface area contributed by atoms with E-state index in [0.717, 1.165) is 24.1 Å². The second-order valence-electron chi connectivity index (χ2n) is 3.89. The molecule has 0 bridgehead atoms. The van der Waals surface area contributed by atoms with Crippen LogP contribution in [0.1, 0.15) is 19.8 Å². The van der Waals surface area contributed by atoms with E-state index in [1.54, 1.807) is 0 Å². The molecule has 0 aromatic heterocycles. The van der Waals surface area contributed by atoms with Crippen molar-refractivity contribution in [2.24, 2.45) is 0 Å². The van der Waals surface area contributed by atoms with Crippen LogP contribution in [0.4, 0.5) is 0 Å². The van der Waals surface area contributed by atoms with E-state index in [0.29, 0.717) is 6.54 Å².